The average Bonchev–Trinajstić information content (AvgIpc) is 3.71. The maximum Gasteiger partial charge on any atom is 0.362 e. The summed E-state index contributed by atoms with van der Waals surface area (Å²) < 4.78 is 39.5. The summed E-state index contributed by atoms with van der Waals surface area (Å²) >= 11 is 0. The molecular formula is C24H22N10O8S. The topological polar surface area (TPSA) is 256 Å². The predicted molar refractivity (Wildman–Crippen MR) is 144 cm³/mol. The fourth-order valence-electron chi connectivity index (χ4n) is 4.34. The summed E-state index contributed by atoms with van der Waals surface area (Å²) in [6, 6.07) is 8.85. The molecule has 6 rings (SSSR count). The van der Waals surface area contributed by atoms with Crippen molar-refractivity contribution < 1.29 is 37.5 Å². The van der Waals surface area contributed by atoms with E-state index in [-0.39, 0.29) is 28.5 Å². The molecule has 1 aromatic carbocycles. The second-order valence-corrected chi connectivity index (χ2v) is 10.6. The maximum atomic E-state index is 12.4. The van der Waals surface area contributed by atoms with Crippen molar-refractivity contribution in [3.63, 3.8) is 0 Å². The molecule has 19 heteroatoms. The van der Waals surface area contributed by atoms with Gasteiger partial charge in [0.15, 0.2) is 17.7 Å². The number of rotatable bonds is 8. The highest BCUT2D eigenvalue weighted by atomic mass is 32.2. The maximum absolute atomic E-state index is 12.4. The number of fused-ring (bicyclic) bond motifs is 1. The molecule has 1 amide bonds. The van der Waals surface area contributed by atoms with Crippen LogP contribution in [0.3, 0.4) is 0 Å². The molecule has 1 fully saturated rings. The Morgan fingerprint density at radius 1 is 1.14 bits per heavy atom. The highest BCUT2D eigenvalue weighted by Crippen LogP contribution is 2.33. The number of aliphatic hydroxyl groups excluding tert-OH is 2. The number of phenols is 1. The van der Waals surface area contributed by atoms with E-state index in [1.807, 2.05) is 0 Å². The minimum atomic E-state index is -4.70. The van der Waals surface area contributed by atoms with Crippen LogP contribution in [0.2, 0.25) is 0 Å². The first kappa shape index (κ1) is 28.1. The molecule has 222 valence electrons. The number of anilines is 1. The zero-order chi connectivity index (χ0) is 30.3. The quantitative estimate of drug-likeness (QED) is 0.142. The van der Waals surface area contributed by atoms with Gasteiger partial charge in [-0.2, -0.15) is 23.1 Å². The molecule has 5 heterocycles. The van der Waals surface area contributed by atoms with Crippen molar-refractivity contribution in [2.75, 3.05) is 12.3 Å². The highest BCUT2D eigenvalue weighted by molar-refractivity contribution is 7.85. The number of ether oxygens (including phenoxy) is 1. The van der Waals surface area contributed by atoms with Gasteiger partial charge in [-0.1, -0.05) is 17.3 Å². The Morgan fingerprint density at radius 3 is 2.72 bits per heavy atom. The lowest BCUT2D eigenvalue weighted by Crippen LogP contribution is -2.37. The zero-order valence-corrected chi connectivity index (χ0v) is 22.6. The molecule has 5 aromatic rings. The number of nitrogens with one attached hydrogen (secondary N) is 1. The number of hydrogen-bond acceptors (Lipinski definition) is 15. The lowest BCUT2D eigenvalue weighted by Gasteiger charge is -2.16. The van der Waals surface area contributed by atoms with E-state index in [0.29, 0.717) is 11.3 Å². The number of aromatic hydroxyl groups is 1. The van der Waals surface area contributed by atoms with Gasteiger partial charge < -0.3 is 25.8 Å². The number of pyridine rings is 1. The monoisotopic (exact) mass is 610 g/mol. The van der Waals surface area contributed by atoms with E-state index in [9.17, 15) is 28.5 Å². The van der Waals surface area contributed by atoms with Crippen molar-refractivity contribution in [1.82, 2.24) is 44.2 Å². The number of aromatic nitrogens is 8. The van der Waals surface area contributed by atoms with Gasteiger partial charge in [-0.15, -0.1) is 5.10 Å². The van der Waals surface area contributed by atoms with Gasteiger partial charge in [-0.05, 0) is 24.3 Å². The standard InChI is InChI=1S/C24H22N10O8S/c25-20-17-21(29-24(28-20)34-9-14(30-32-34)12-4-3-7-26-8-12)33(11-27-17)23-19(37)18(36)16(42-23)10-41-43(39,40)31-22(38)13-5-1-2-6-15(13)35/h1-9,11,16,18-19,23,35-37H,10H2,(H,31,38)(H2,25,28,29). The number of nitrogen functional groups attached to an aromatic ring is 1. The van der Waals surface area contributed by atoms with Gasteiger partial charge in [0.2, 0.25) is 0 Å². The Hall–Kier alpha value is -5.08. The van der Waals surface area contributed by atoms with Crippen LogP contribution in [0.15, 0.2) is 61.3 Å². The van der Waals surface area contributed by atoms with Crippen LogP contribution in [0, 0.1) is 0 Å². The van der Waals surface area contributed by atoms with Crippen LogP contribution in [0.4, 0.5) is 5.82 Å². The molecule has 4 aromatic heterocycles. The van der Waals surface area contributed by atoms with Crippen molar-refractivity contribution in [1.29, 1.82) is 0 Å². The summed E-state index contributed by atoms with van der Waals surface area (Å²) in [6.07, 6.45) is 0.217. The van der Waals surface area contributed by atoms with Gasteiger partial charge in [0.1, 0.15) is 35.3 Å². The summed E-state index contributed by atoms with van der Waals surface area (Å²) in [7, 11) is -4.70. The van der Waals surface area contributed by atoms with Crippen molar-refractivity contribution >= 4 is 33.2 Å². The summed E-state index contributed by atoms with van der Waals surface area (Å²) in [5.74, 6) is -1.57. The van der Waals surface area contributed by atoms with E-state index in [0.717, 1.165) is 0 Å². The number of phenolic OH excluding ortho intramolecular Hbond substituents is 1. The third kappa shape index (κ3) is 5.45. The Morgan fingerprint density at radius 2 is 1.95 bits per heavy atom. The van der Waals surface area contributed by atoms with Crippen LogP contribution >= 0.6 is 0 Å². The molecule has 0 aliphatic carbocycles. The molecule has 43 heavy (non-hydrogen) atoms. The molecule has 1 saturated heterocycles. The smallest absolute Gasteiger partial charge is 0.362 e. The Bertz CT molecular complexity index is 1920. The van der Waals surface area contributed by atoms with Crippen LogP contribution in [-0.4, -0.2) is 94.1 Å². The van der Waals surface area contributed by atoms with Gasteiger partial charge in [0.05, 0.1) is 24.7 Å². The minimum absolute atomic E-state index is 0.0172. The number of para-hydroxylation sites is 1. The van der Waals surface area contributed by atoms with Gasteiger partial charge in [-0.25, -0.2) is 9.71 Å². The number of nitrogens with zero attached hydrogens (tertiary/aromatic N) is 8. The van der Waals surface area contributed by atoms with Crippen molar-refractivity contribution in [2.24, 2.45) is 0 Å². The lowest BCUT2D eigenvalue weighted by molar-refractivity contribution is -0.0468. The molecule has 0 bridgehead atoms. The fourth-order valence-corrected chi connectivity index (χ4v) is 5.05. The minimum Gasteiger partial charge on any atom is -0.507 e. The van der Waals surface area contributed by atoms with Crippen LogP contribution in [0.25, 0.3) is 28.4 Å². The lowest BCUT2D eigenvalue weighted by atomic mass is 10.1. The van der Waals surface area contributed by atoms with E-state index in [2.05, 4.69) is 30.2 Å². The van der Waals surface area contributed by atoms with Crippen LogP contribution in [0.5, 0.6) is 5.75 Å². The second kappa shape index (κ2) is 11.0. The summed E-state index contributed by atoms with van der Waals surface area (Å²) in [5, 5.41) is 39.3. The Kier molecular flexibility index (Phi) is 7.15. The normalized spacial score (nSPS) is 20.4. The third-order valence-corrected chi connectivity index (χ3v) is 7.34. The molecule has 0 saturated carbocycles. The van der Waals surface area contributed by atoms with Crippen LogP contribution in [-0.2, 0) is 19.2 Å². The number of imidazole rings is 1. The largest absolute Gasteiger partial charge is 0.507 e. The van der Waals surface area contributed by atoms with Gasteiger partial charge in [0.25, 0.3) is 11.9 Å². The molecule has 0 radical (unpaired) electrons. The first-order valence-electron chi connectivity index (χ1n) is 12.5. The molecule has 4 unspecified atom stereocenters. The zero-order valence-electron chi connectivity index (χ0n) is 21.7. The van der Waals surface area contributed by atoms with E-state index >= 15 is 0 Å². The predicted octanol–water partition coefficient (Wildman–Crippen LogP) is -0.933. The van der Waals surface area contributed by atoms with Crippen molar-refractivity contribution in [3.8, 4) is 23.0 Å². The number of amides is 1. The van der Waals surface area contributed by atoms with Crippen LogP contribution < -0.4 is 10.5 Å². The van der Waals surface area contributed by atoms with Crippen molar-refractivity contribution in [3.05, 3.63) is 66.9 Å². The molecule has 18 nitrogen and oxygen atoms in total. The second-order valence-electron chi connectivity index (χ2n) is 9.26. The molecule has 6 N–H and O–H groups in total. The van der Waals surface area contributed by atoms with Crippen molar-refractivity contribution in [2.45, 2.75) is 24.5 Å². The Balaban J connectivity index is 1.20. The molecular weight excluding hydrogens is 588 g/mol. The third-order valence-electron chi connectivity index (χ3n) is 6.46. The highest BCUT2D eigenvalue weighted by Gasteiger charge is 2.45. The summed E-state index contributed by atoms with van der Waals surface area (Å²) in [4.78, 5) is 29.2. The molecule has 1 aliphatic heterocycles. The van der Waals surface area contributed by atoms with Gasteiger partial charge in [-0.3, -0.25) is 18.5 Å². The number of carbonyl (C=O) groups excluding carboxylic acids is 1. The first-order valence-corrected chi connectivity index (χ1v) is 13.9. The number of nitrogens with two attached hydrogens (primary N) is 1. The summed E-state index contributed by atoms with van der Waals surface area (Å²) in [5.41, 5.74) is 7.29. The molecule has 0 spiro atoms. The SMILES string of the molecule is Nc1nc(-n2cc(-c3cccnc3)nn2)nc2c1ncn2C1OC(COS(=O)(=O)NC(=O)c2ccccc2O)C(O)C1O. The van der Waals surface area contributed by atoms with E-state index in [4.69, 9.17) is 14.7 Å². The molecule has 4 atom stereocenters. The number of aliphatic hydroxyl groups is 2. The first-order chi connectivity index (χ1) is 20.6. The number of hydrogen-bond donors (Lipinski definition) is 5. The molecule has 1 aliphatic rings. The van der Waals surface area contributed by atoms with Gasteiger partial charge in [0, 0.05) is 18.0 Å². The van der Waals surface area contributed by atoms with E-state index < -0.39 is 53.1 Å². The summed E-state index contributed by atoms with van der Waals surface area (Å²) in [6.45, 7) is -0.775. The number of carbonyl (C=O) groups is 1. The van der Waals surface area contributed by atoms with Gasteiger partial charge >= 0.3 is 10.3 Å². The van der Waals surface area contributed by atoms with E-state index in [1.54, 1.807) is 35.4 Å². The van der Waals surface area contributed by atoms with Crippen LogP contribution in [0.1, 0.15) is 16.6 Å². The fraction of sp³-hybridized carbons (Fsp3) is 0.208. The Labute approximate surface area is 241 Å². The average molecular weight is 611 g/mol. The number of benzene rings is 1. The van der Waals surface area contributed by atoms with E-state index in [1.165, 1.54) is 39.8 Å².